The molecular weight excluding hydrogens is 553 g/mol. The highest BCUT2D eigenvalue weighted by atomic mass is 35.5. The second-order valence-electron chi connectivity index (χ2n) is 8.35. The topological polar surface area (TPSA) is 105 Å². The first kappa shape index (κ1) is 27.2. The second-order valence-corrected chi connectivity index (χ2v) is 9.60. The van der Waals surface area contributed by atoms with E-state index >= 15 is 0 Å². The maximum Gasteiger partial charge on any atom is 0.335 e. The van der Waals surface area contributed by atoms with E-state index in [1.807, 2.05) is 19.1 Å². The van der Waals surface area contributed by atoms with Gasteiger partial charge in [0.05, 0.1) is 15.7 Å². The van der Waals surface area contributed by atoms with Crippen molar-refractivity contribution in [3.8, 4) is 5.75 Å². The molecule has 1 saturated heterocycles. The fourth-order valence-electron chi connectivity index (χ4n) is 3.70. The highest BCUT2D eigenvalue weighted by Crippen LogP contribution is 2.35. The molecule has 1 aliphatic rings. The van der Waals surface area contributed by atoms with E-state index in [2.05, 4.69) is 10.6 Å². The van der Waals surface area contributed by atoms with Crippen molar-refractivity contribution >= 4 is 76.0 Å². The standard InChI is InChI=1S/C27H20Cl3N3O5/c1-14-5-3-4-6-21(14)31-23(34)13-38-24-19(29)10-16(11-20(24)30)9-18-25(35)32-27(37)33(26(18)36)22-12-17(28)8-7-15(22)2/h3-12H,13H2,1-2H3,(H,31,34)(H,32,35,37)/b18-9+. The number of hydrogen-bond donors (Lipinski definition) is 2. The van der Waals surface area contributed by atoms with Crippen LogP contribution >= 0.6 is 34.8 Å². The van der Waals surface area contributed by atoms with Crippen molar-refractivity contribution in [2.24, 2.45) is 0 Å². The summed E-state index contributed by atoms with van der Waals surface area (Å²) in [6.45, 7) is 3.21. The Hall–Kier alpha value is -3.85. The smallest absolute Gasteiger partial charge is 0.335 e. The van der Waals surface area contributed by atoms with Gasteiger partial charge >= 0.3 is 6.03 Å². The fourth-order valence-corrected chi connectivity index (χ4v) is 4.48. The van der Waals surface area contributed by atoms with Gasteiger partial charge in [-0.25, -0.2) is 9.69 Å². The molecule has 0 unspecified atom stereocenters. The van der Waals surface area contributed by atoms with Crippen molar-refractivity contribution in [3.63, 3.8) is 0 Å². The van der Waals surface area contributed by atoms with E-state index in [4.69, 9.17) is 39.5 Å². The van der Waals surface area contributed by atoms with Gasteiger partial charge in [0, 0.05) is 10.7 Å². The third-order valence-corrected chi connectivity index (χ3v) is 6.41. The molecule has 5 amide bonds. The van der Waals surface area contributed by atoms with Crippen LogP contribution in [0.3, 0.4) is 0 Å². The van der Waals surface area contributed by atoms with Gasteiger partial charge in [0.15, 0.2) is 12.4 Å². The van der Waals surface area contributed by atoms with E-state index < -0.39 is 23.8 Å². The molecule has 3 aromatic carbocycles. The average molecular weight is 573 g/mol. The maximum atomic E-state index is 13.2. The number of carbonyl (C=O) groups excluding carboxylic acids is 4. The van der Waals surface area contributed by atoms with Crippen LogP contribution in [0.2, 0.25) is 15.1 Å². The quantitative estimate of drug-likeness (QED) is 0.281. The number of imide groups is 2. The lowest BCUT2D eigenvalue weighted by atomic mass is 10.1. The number of urea groups is 1. The predicted molar refractivity (Wildman–Crippen MR) is 147 cm³/mol. The molecule has 1 aliphatic heterocycles. The largest absolute Gasteiger partial charge is 0.481 e. The Morgan fingerprint density at radius 2 is 1.66 bits per heavy atom. The van der Waals surface area contributed by atoms with Crippen molar-refractivity contribution in [1.82, 2.24) is 5.32 Å². The van der Waals surface area contributed by atoms with E-state index in [1.165, 1.54) is 24.3 Å². The van der Waals surface area contributed by atoms with Gasteiger partial charge in [0.2, 0.25) is 0 Å². The first-order valence-corrected chi connectivity index (χ1v) is 12.3. The zero-order valence-corrected chi connectivity index (χ0v) is 22.4. The van der Waals surface area contributed by atoms with Crippen LogP contribution in [0.15, 0.2) is 60.2 Å². The number of nitrogens with one attached hydrogen (secondary N) is 2. The first-order valence-electron chi connectivity index (χ1n) is 11.2. The minimum atomic E-state index is -0.897. The Kier molecular flexibility index (Phi) is 8.06. The molecule has 2 N–H and O–H groups in total. The first-order chi connectivity index (χ1) is 18.0. The van der Waals surface area contributed by atoms with Crippen molar-refractivity contribution in [3.05, 3.63) is 91.9 Å². The molecule has 0 aromatic heterocycles. The summed E-state index contributed by atoms with van der Waals surface area (Å²) in [6, 6.07) is 13.9. The lowest BCUT2D eigenvalue weighted by Crippen LogP contribution is -2.54. The van der Waals surface area contributed by atoms with Crippen molar-refractivity contribution in [1.29, 1.82) is 0 Å². The Morgan fingerprint density at radius 1 is 0.974 bits per heavy atom. The number of aryl methyl sites for hydroxylation is 2. The van der Waals surface area contributed by atoms with Crippen LogP contribution in [-0.4, -0.2) is 30.4 Å². The highest BCUT2D eigenvalue weighted by molar-refractivity contribution is 6.40. The predicted octanol–water partition coefficient (Wildman–Crippen LogP) is 5.95. The van der Waals surface area contributed by atoms with Gasteiger partial charge in [-0.05, 0) is 66.9 Å². The number of ether oxygens (including phenoxy) is 1. The Bertz CT molecular complexity index is 1500. The summed E-state index contributed by atoms with van der Waals surface area (Å²) in [5, 5.41) is 5.31. The second kappa shape index (κ2) is 11.3. The Balaban J connectivity index is 1.55. The number of hydrogen-bond acceptors (Lipinski definition) is 5. The van der Waals surface area contributed by atoms with E-state index in [1.54, 1.807) is 31.2 Å². The SMILES string of the molecule is Cc1ccccc1NC(=O)COc1c(Cl)cc(/C=C2\C(=O)NC(=O)N(c3cc(Cl)ccc3C)C2=O)cc1Cl. The van der Waals surface area contributed by atoms with E-state index in [0.717, 1.165) is 10.5 Å². The number of halogens is 3. The number of amides is 5. The summed E-state index contributed by atoms with van der Waals surface area (Å²) in [5.41, 5.74) is 2.36. The minimum Gasteiger partial charge on any atom is -0.481 e. The zero-order chi connectivity index (χ0) is 27.6. The van der Waals surface area contributed by atoms with Crippen LogP contribution in [0.4, 0.5) is 16.2 Å². The molecule has 194 valence electrons. The van der Waals surface area contributed by atoms with E-state index in [0.29, 0.717) is 21.8 Å². The van der Waals surface area contributed by atoms with Crippen LogP contribution in [0, 0.1) is 13.8 Å². The summed E-state index contributed by atoms with van der Waals surface area (Å²) in [5.74, 6) is -2.08. The molecule has 1 fully saturated rings. The molecule has 0 spiro atoms. The molecule has 38 heavy (non-hydrogen) atoms. The molecule has 0 bridgehead atoms. The monoisotopic (exact) mass is 571 g/mol. The fraction of sp³-hybridized carbons (Fsp3) is 0.111. The number of rotatable bonds is 6. The van der Waals surface area contributed by atoms with Crippen LogP contribution < -0.4 is 20.3 Å². The van der Waals surface area contributed by atoms with Crippen LogP contribution in [0.25, 0.3) is 6.08 Å². The number of nitrogens with zero attached hydrogens (tertiary/aromatic N) is 1. The number of anilines is 2. The molecule has 0 saturated carbocycles. The van der Waals surface area contributed by atoms with Gasteiger partial charge in [-0.1, -0.05) is 59.1 Å². The molecule has 3 aromatic rings. The highest BCUT2D eigenvalue weighted by Gasteiger charge is 2.37. The summed E-state index contributed by atoms with van der Waals surface area (Å²) in [4.78, 5) is 51.4. The van der Waals surface area contributed by atoms with E-state index in [9.17, 15) is 19.2 Å². The molecule has 11 heteroatoms. The summed E-state index contributed by atoms with van der Waals surface area (Å²) in [7, 11) is 0. The molecule has 1 heterocycles. The average Bonchev–Trinajstić information content (AvgIpc) is 2.84. The van der Waals surface area contributed by atoms with Gasteiger partial charge in [-0.15, -0.1) is 0 Å². The number of barbiturate groups is 1. The lowest BCUT2D eigenvalue weighted by Gasteiger charge is -2.27. The number of carbonyl (C=O) groups is 4. The molecular formula is C27H20Cl3N3O5. The molecule has 4 rings (SSSR count). The molecule has 8 nitrogen and oxygen atoms in total. The normalized spacial score (nSPS) is 14.5. The number of para-hydroxylation sites is 1. The van der Waals surface area contributed by atoms with Crippen LogP contribution in [0.5, 0.6) is 5.75 Å². The Morgan fingerprint density at radius 3 is 2.34 bits per heavy atom. The van der Waals surface area contributed by atoms with Crippen molar-refractivity contribution < 1.29 is 23.9 Å². The van der Waals surface area contributed by atoms with Gasteiger partial charge < -0.3 is 10.1 Å². The van der Waals surface area contributed by atoms with Gasteiger partial charge in [0.1, 0.15) is 5.57 Å². The molecule has 0 atom stereocenters. The van der Waals surface area contributed by atoms with E-state index in [-0.39, 0.29) is 33.7 Å². The Labute approximate surface area is 233 Å². The van der Waals surface area contributed by atoms with Crippen molar-refractivity contribution in [2.75, 3.05) is 16.8 Å². The molecule has 0 radical (unpaired) electrons. The lowest BCUT2D eigenvalue weighted by molar-refractivity contribution is -0.122. The molecule has 0 aliphatic carbocycles. The van der Waals surface area contributed by atoms with Crippen LogP contribution in [-0.2, 0) is 14.4 Å². The summed E-state index contributed by atoms with van der Waals surface area (Å²) >= 11 is 18.7. The summed E-state index contributed by atoms with van der Waals surface area (Å²) < 4.78 is 5.53. The third kappa shape index (κ3) is 5.83. The van der Waals surface area contributed by atoms with Gasteiger partial charge in [-0.2, -0.15) is 0 Å². The minimum absolute atomic E-state index is 0.0512. The third-order valence-electron chi connectivity index (χ3n) is 5.61. The summed E-state index contributed by atoms with van der Waals surface area (Å²) in [6.07, 6.45) is 1.25. The van der Waals surface area contributed by atoms with Crippen molar-refractivity contribution in [2.45, 2.75) is 13.8 Å². The van der Waals surface area contributed by atoms with Gasteiger partial charge in [-0.3, -0.25) is 19.7 Å². The van der Waals surface area contributed by atoms with Crippen LogP contribution in [0.1, 0.15) is 16.7 Å². The maximum absolute atomic E-state index is 13.2. The zero-order valence-electron chi connectivity index (χ0n) is 20.1. The van der Waals surface area contributed by atoms with Gasteiger partial charge in [0.25, 0.3) is 17.7 Å². The number of benzene rings is 3.